The number of ether oxygens (including phenoxy) is 1. The fraction of sp³-hybridized carbons (Fsp3) is 0.500. The minimum atomic E-state index is 0.156. The third-order valence-corrected chi connectivity index (χ3v) is 2.71. The highest BCUT2D eigenvalue weighted by molar-refractivity contribution is 5.53. The van der Waals surface area contributed by atoms with Crippen LogP contribution in [0.15, 0.2) is 24.8 Å². The minimum absolute atomic E-state index is 0.156. The Balaban J connectivity index is 2.18. The van der Waals surface area contributed by atoms with Gasteiger partial charge in [-0.05, 0) is 13.5 Å². The average molecular weight is 234 g/mol. The van der Waals surface area contributed by atoms with Gasteiger partial charge < -0.3 is 10.1 Å². The van der Waals surface area contributed by atoms with Crippen LogP contribution in [-0.2, 0) is 4.74 Å². The highest BCUT2D eigenvalue weighted by atomic mass is 16.5. The zero-order valence-corrected chi connectivity index (χ0v) is 10.3. The highest BCUT2D eigenvalue weighted by Gasteiger charge is 2.14. The monoisotopic (exact) mass is 234 g/mol. The predicted molar refractivity (Wildman–Crippen MR) is 65.9 cm³/mol. The molecular weight excluding hydrogens is 216 g/mol. The third kappa shape index (κ3) is 2.62. The molecule has 17 heavy (non-hydrogen) atoms. The molecule has 2 aromatic rings. The SMILES string of the molecule is CCCOCC(NC)c1cnn2ccncc12. The Labute approximate surface area is 101 Å². The van der Waals surface area contributed by atoms with Crippen LogP contribution < -0.4 is 5.32 Å². The summed E-state index contributed by atoms with van der Waals surface area (Å²) in [5.74, 6) is 0. The first-order valence-electron chi connectivity index (χ1n) is 5.89. The van der Waals surface area contributed by atoms with Crippen molar-refractivity contribution in [3.05, 3.63) is 30.4 Å². The van der Waals surface area contributed by atoms with Crippen LogP contribution in [0.5, 0.6) is 0 Å². The Hall–Kier alpha value is -1.46. The first-order chi connectivity index (χ1) is 8.36. The number of aromatic nitrogens is 3. The maximum Gasteiger partial charge on any atom is 0.0893 e. The Morgan fingerprint density at radius 1 is 1.47 bits per heavy atom. The topological polar surface area (TPSA) is 51.5 Å². The Morgan fingerprint density at radius 3 is 3.12 bits per heavy atom. The quantitative estimate of drug-likeness (QED) is 0.768. The normalized spacial score (nSPS) is 13.1. The van der Waals surface area contributed by atoms with Gasteiger partial charge in [0.1, 0.15) is 0 Å². The van der Waals surface area contributed by atoms with E-state index in [1.807, 2.05) is 30.2 Å². The van der Waals surface area contributed by atoms with Gasteiger partial charge in [-0.25, -0.2) is 4.52 Å². The van der Waals surface area contributed by atoms with E-state index in [9.17, 15) is 0 Å². The van der Waals surface area contributed by atoms with E-state index in [1.54, 1.807) is 6.20 Å². The molecule has 1 N–H and O–H groups in total. The van der Waals surface area contributed by atoms with Crippen LogP contribution in [0.2, 0.25) is 0 Å². The molecule has 92 valence electrons. The summed E-state index contributed by atoms with van der Waals surface area (Å²) in [6, 6.07) is 0.156. The smallest absolute Gasteiger partial charge is 0.0893 e. The van der Waals surface area contributed by atoms with E-state index in [0.717, 1.165) is 24.1 Å². The molecule has 0 amide bonds. The van der Waals surface area contributed by atoms with Gasteiger partial charge in [-0.3, -0.25) is 4.98 Å². The summed E-state index contributed by atoms with van der Waals surface area (Å²) >= 11 is 0. The second-order valence-electron chi connectivity index (χ2n) is 3.92. The van der Waals surface area contributed by atoms with Gasteiger partial charge in [0.2, 0.25) is 0 Å². The number of nitrogens with one attached hydrogen (secondary N) is 1. The van der Waals surface area contributed by atoms with Gasteiger partial charge in [-0.1, -0.05) is 6.92 Å². The molecule has 2 rings (SSSR count). The molecule has 2 aromatic heterocycles. The van der Waals surface area contributed by atoms with E-state index in [2.05, 4.69) is 22.3 Å². The lowest BCUT2D eigenvalue weighted by Crippen LogP contribution is -2.21. The van der Waals surface area contributed by atoms with Crippen LogP contribution in [0.4, 0.5) is 0 Å². The van der Waals surface area contributed by atoms with Crippen molar-refractivity contribution in [1.29, 1.82) is 0 Å². The van der Waals surface area contributed by atoms with E-state index >= 15 is 0 Å². The zero-order chi connectivity index (χ0) is 12.1. The minimum Gasteiger partial charge on any atom is -0.379 e. The molecule has 5 nitrogen and oxygen atoms in total. The molecule has 0 aliphatic heterocycles. The maximum absolute atomic E-state index is 5.59. The summed E-state index contributed by atoms with van der Waals surface area (Å²) in [7, 11) is 1.93. The van der Waals surface area contributed by atoms with Crippen molar-refractivity contribution in [2.45, 2.75) is 19.4 Å². The van der Waals surface area contributed by atoms with Crippen molar-refractivity contribution in [3.63, 3.8) is 0 Å². The second kappa shape index (κ2) is 5.75. The van der Waals surface area contributed by atoms with Crippen molar-refractivity contribution < 1.29 is 4.74 Å². The highest BCUT2D eigenvalue weighted by Crippen LogP contribution is 2.18. The summed E-state index contributed by atoms with van der Waals surface area (Å²) in [5.41, 5.74) is 2.14. The fourth-order valence-electron chi connectivity index (χ4n) is 1.80. The van der Waals surface area contributed by atoms with Gasteiger partial charge in [-0.15, -0.1) is 0 Å². The van der Waals surface area contributed by atoms with Gasteiger partial charge in [-0.2, -0.15) is 5.10 Å². The lowest BCUT2D eigenvalue weighted by atomic mass is 10.1. The van der Waals surface area contributed by atoms with Gasteiger partial charge in [0.05, 0.1) is 30.6 Å². The molecular formula is C12H18N4O. The van der Waals surface area contributed by atoms with Crippen molar-refractivity contribution in [2.75, 3.05) is 20.3 Å². The fourth-order valence-corrected chi connectivity index (χ4v) is 1.80. The lowest BCUT2D eigenvalue weighted by Gasteiger charge is -2.15. The summed E-state index contributed by atoms with van der Waals surface area (Å²) < 4.78 is 7.41. The number of hydrogen-bond donors (Lipinski definition) is 1. The largest absolute Gasteiger partial charge is 0.379 e. The number of hydrogen-bond acceptors (Lipinski definition) is 4. The van der Waals surface area contributed by atoms with Crippen LogP contribution in [0.1, 0.15) is 24.9 Å². The van der Waals surface area contributed by atoms with Gasteiger partial charge in [0, 0.05) is 24.6 Å². The second-order valence-corrected chi connectivity index (χ2v) is 3.92. The molecule has 0 aromatic carbocycles. The molecule has 0 aliphatic rings. The predicted octanol–water partition coefficient (Wildman–Crippen LogP) is 1.42. The van der Waals surface area contributed by atoms with Crippen molar-refractivity contribution in [3.8, 4) is 0 Å². The standard InChI is InChI=1S/C12H18N4O/c1-3-6-17-9-11(13-2)10-7-15-16-5-4-14-8-12(10)16/h4-5,7-8,11,13H,3,6,9H2,1-2H3. The average Bonchev–Trinajstić information content (AvgIpc) is 2.79. The summed E-state index contributed by atoms with van der Waals surface area (Å²) in [4.78, 5) is 4.13. The molecule has 1 unspecified atom stereocenters. The van der Waals surface area contributed by atoms with E-state index < -0.39 is 0 Å². The number of rotatable bonds is 6. The molecule has 1 atom stereocenters. The number of likely N-dealkylation sites (N-methyl/N-ethyl adjacent to an activating group) is 1. The van der Waals surface area contributed by atoms with Crippen molar-refractivity contribution in [2.24, 2.45) is 0 Å². The maximum atomic E-state index is 5.59. The van der Waals surface area contributed by atoms with Crippen LogP contribution >= 0.6 is 0 Å². The molecule has 0 bridgehead atoms. The van der Waals surface area contributed by atoms with Crippen LogP contribution in [0, 0.1) is 0 Å². The third-order valence-electron chi connectivity index (χ3n) is 2.71. The first kappa shape index (κ1) is 12.0. The Bertz CT molecular complexity index is 468. The van der Waals surface area contributed by atoms with E-state index in [-0.39, 0.29) is 6.04 Å². The molecule has 0 aliphatic carbocycles. The molecule has 0 radical (unpaired) electrons. The number of nitrogens with zero attached hydrogens (tertiary/aromatic N) is 3. The van der Waals surface area contributed by atoms with Gasteiger partial charge >= 0.3 is 0 Å². The van der Waals surface area contributed by atoms with Crippen molar-refractivity contribution >= 4 is 5.52 Å². The molecule has 2 heterocycles. The molecule has 5 heteroatoms. The van der Waals surface area contributed by atoms with Crippen LogP contribution in [0.25, 0.3) is 5.52 Å². The van der Waals surface area contributed by atoms with E-state index in [0.29, 0.717) is 6.61 Å². The molecule has 0 saturated heterocycles. The van der Waals surface area contributed by atoms with Gasteiger partial charge in [0.15, 0.2) is 0 Å². The molecule has 0 fully saturated rings. The number of fused-ring (bicyclic) bond motifs is 1. The van der Waals surface area contributed by atoms with E-state index in [1.165, 1.54) is 0 Å². The first-order valence-corrected chi connectivity index (χ1v) is 5.89. The summed E-state index contributed by atoms with van der Waals surface area (Å²) in [6.07, 6.45) is 8.30. The van der Waals surface area contributed by atoms with Crippen LogP contribution in [-0.4, -0.2) is 34.9 Å². The van der Waals surface area contributed by atoms with Gasteiger partial charge in [0.25, 0.3) is 0 Å². The summed E-state index contributed by atoms with van der Waals surface area (Å²) in [6.45, 7) is 3.55. The molecule has 0 spiro atoms. The zero-order valence-electron chi connectivity index (χ0n) is 10.3. The van der Waals surface area contributed by atoms with Crippen LogP contribution in [0.3, 0.4) is 0 Å². The van der Waals surface area contributed by atoms with E-state index in [4.69, 9.17) is 4.74 Å². The molecule has 0 saturated carbocycles. The van der Waals surface area contributed by atoms with Crippen molar-refractivity contribution in [1.82, 2.24) is 19.9 Å². The summed E-state index contributed by atoms with van der Waals surface area (Å²) in [5, 5.41) is 7.55. The Morgan fingerprint density at radius 2 is 2.35 bits per heavy atom. The lowest BCUT2D eigenvalue weighted by molar-refractivity contribution is 0.114. The Kier molecular flexibility index (Phi) is 4.06.